The molecular formula is C29H27BrIN3O2. The molecule has 184 valence electrons. The normalized spacial score (nSPS) is 14.5. The van der Waals surface area contributed by atoms with Gasteiger partial charge in [0, 0.05) is 10.4 Å². The van der Waals surface area contributed by atoms with Gasteiger partial charge in [0.1, 0.15) is 18.2 Å². The molecule has 1 saturated carbocycles. The number of hydrogen-bond donors (Lipinski definition) is 0. The number of aromatic nitrogens is 2. The maximum absolute atomic E-state index is 13.5. The summed E-state index contributed by atoms with van der Waals surface area (Å²) >= 11 is 5.76. The number of hydrogen-bond acceptors (Lipinski definition) is 4. The highest BCUT2D eigenvalue weighted by Gasteiger charge is 2.22. The zero-order chi connectivity index (χ0) is 25.1. The average Bonchev–Trinajstić information content (AvgIpc) is 2.89. The van der Waals surface area contributed by atoms with Gasteiger partial charge in [-0.2, -0.15) is 9.78 Å². The van der Waals surface area contributed by atoms with E-state index in [1.54, 1.807) is 6.21 Å². The molecule has 0 N–H and O–H groups in total. The van der Waals surface area contributed by atoms with Crippen molar-refractivity contribution in [1.29, 1.82) is 0 Å². The molecule has 5 nitrogen and oxygen atoms in total. The van der Waals surface area contributed by atoms with E-state index in [0.717, 1.165) is 61.9 Å². The van der Waals surface area contributed by atoms with Crippen molar-refractivity contribution >= 4 is 55.6 Å². The van der Waals surface area contributed by atoms with Crippen molar-refractivity contribution in [3.05, 3.63) is 102 Å². The van der Waals surface area contributed by atoms with Crippen LogP contribution in [0.1, 0.15) is 60.5 Å². The maximum atomic E-state index is 13.5. The van der Waals surface area contributed by atoms with Gasteiger partial charge in [0.05, 0.1) is 20.7 Å². The van der Waals surface area contributed by atoms with Crippen LogP contribution in [0.3, 0.4) is 0 Å². The zero-order valence-electron chi connectivity index (χ0n) is 20.1. The molecule has 3 aromatic carbocycles. The van der Waals surface area contributed by atoms with Gasteiger partial charge in [-0.15, -0.1) is 0 Å². The maximum Gasteiger partial charge on any atom is 0.282 e. The summed E-state index contributed by atoms with van der Waals surface area (Å²) < 4.78 is 9.39. The number of ether oxygens (including phenoxy) is 1. The second-order valence-corrected chi connectivity index (χ2v) is 11.4. The first-order valence-electron chi connectivity index (χ1n) is 12.2. The molecule has 1 aromatic heterocycles. The predicted molar refractivity (Wildman–Crippen MR) is 157 cm³/mol. The van der Waals surface area contributed by atoms with Crippen LogP contribution in [0, 0.1) is 10.5 Å². The summed E-state index contributed by atoms with van der Waals surface area (Å²) in [5.74, 6) is 1.83. The van der Waals surface area contributed by atoms with Crippen LogP contribution in [0.5, 0.6) is 5.75 Å². The molecule has 1 heterocycles. The second-order valence-electron chi connectivity index (χ2n) is 9.29. The average molecular weight is 656 g/mol. The van der Waals surface area contributed by atoms with E-state index < -0.39 is 0 Å². The molecule has 1 aliphatic carbocycles. The van der Waals surface area contributed by atoms with E-state index in [-0.39, 0.29) is 11.5 Å². The first kappa shape index (κ1) is 25.1. The summed E-state index contributed by atoms with van der Waals surface area (Å²) in [5.41, 5.74) is 3.85. The third-order valence-electron chi connectivity index (χ3n) is 6.60. The van der Waals surface area contributed by atoms with E-state index >= 15 is 0 Å². The van der Waals surface area contributed by atoms with Crippen LogP contribution in [-0.4, -0.2) is 15.9 Å². The highest BCUT2D eigenvalue weighted by atomic mass is 127. The Hall–Kier alpha value is -2.52. The third-order valence-corrected chi connectivity index (χ3v) is 7.93. The standard InChI is InChI=1S/C29H27BrIN3O2/c1-19-7-9-20(10-8-19)18-36-27-14-11-21(15-25(27)31)17-32-34-28(22-5-3-2-4-6-22)33-26-13-12-23(30)16-24(26)29(34)35/h7-17,22H,2-6,18H2,1H3. The van der Waals surface area contributed by atoms with Crippen LogP contribution < -0.4 is 10.3 Å². The van der Waals surface area contributed by atoms with E-state index in [2.05, 4.69) is 74.8 Å². The van der Waals surface area contributed by atoms with Crippen LogP contribution >= 0.6 is 38.5 Å². The Morgan fingerprint density at radius 3 is 2.61 bits per heavy atom. The lowest BCUT2D eigenvalue weighted by Crippen LogP contribution is -2.25. The Morgan fingerprint density at radius 2 is 1.86 bits per heavy atom. The van der Waals surface area contributed by atoms with Gasteiger partial charge in [-0.05, 0) is 89.9 Å². The van der Waals surface area contributed by atoms with Crippen molar-refractivity contribution in [3.8, 4) is 5.75 Å². The van der Waals surface area contributed by atoms with Gasteiger partial charge in [0.25, 0.3) is 5.56 Å². The molecule has 0 unspecified atom stereocenters. The van der Waals surface area contributed by atoms with Crippen LogP contribution in [-0.2, 0) is 6.61 Å². The highest BCUT2D eigenvalue weighted by molar-refractivity contribution is 14.1. The summed E-state index contributed by atoms with van der Waals surface area (Å²) in [5, 5.41) is 5.23. The lowest BCUT2D eigenvalue weighted by molar-refractivity contribution is 0.304. The van der Waals surface area contributed by atoms with Crippen LogP contribution in [0.15, 0.2) is 75.0 Å². The molecule has 0 radical (unpaired) electrons. The lowest BCUT2D eigenvalue weighted by atomic mass is 9.88. The van der Waals surface area contributed by atoms with E-state index in [1.165, 1.54) is 16.7 Å². The molecule has 0 saturated heterocycles. The fourth-order valence-electron chi connectivity index (χ4n) is 4.59. The van der Waals surface area contributed by atoms with Crippen molar-refractivity contribution in [2.24, 2.45) is 5.10 Å². The predicted octanol–water partition coefficient (Wildman–Crippen LogP) is 7.58. The number of aryl methyl sites for hydroxylation is 1. The number of rotatable bonds is 6. The van der Waals surface area contributed by atoms with Gasteiger partial charge < -0.3 is 4.74 Å². The summed E-state index contributed by atoms with van der Waals surface area (Å²) in [4.78, 5) is 18.4. The molecule has 7 heteroatoms. The monoisotopic (exact) mass is 655 g/mol. The third kappa shape index (κ3) is 5.72. The molecular weight excluding hydrogens is 629 g/mol. The quantitative estimate of drug-likeness (QED) is 0.159. The zero-order valence-corrected chi connectivity index (χ0v) is 23.8. The molecule has 0 bridgehead atoms. The molecule has 4 aromatic rings. The minimum atomic E-state index is -0.133. The Labute approximate surface area is 232 Å². The molecule has 0 spiro atoms. The molecule has 0 aliphatic heterocycles. The van der Waals surface area contributed by atoms with Gasteiger partial charge in [0.15, 0.2) is 0 Å². The second kappa shape index (κ2) is 11.3. The van der Waals surface area contributed by atoms with Gasteiger partial charge >= 0.3 is 0 Å². The summed E-state index contributed by atoms with van der Waals surface area (Å²) in [6.45, 7) is 2.59. The largest absolute Gasteiger partial charge is 0.488 e. The fourth-order valence-corrected chi connectivity index (χ4v) is 5.64. The van der Waals surface area contributed by atoms with Crippen molar-refractivity contribution in [3.63, 3.8) is 0 Å². The molecule has 0 atom stereocenters. The van der Waals surface area contributed by atoms with Crippen LogP contribution in [0.25, 0.3) is 10.9 Å². The first-order chi connectivity index (χ1) is 17.5. The Kier molecular flexibility index (Phi) is 7.86. The van der Waals surface area contributed by atoms with E-state index in [1.807, 2.05) is 36.4 Å². The van der Waals surface area contributed by atoms with Gasteiger partial charge in [-0.1, -0.05) is 65.0 Å². The van der Waals surface area contributed by atoms with Gasteiger partial charge in [0.2, 0.25) is 0 Å². The Balaban J connectivity index is 1.43. The van der Waals surface area contributed by atoms with E-state index in [9.17, 15) is 4.79 Å². The SMILES string of the molecule is Cc1ccc(COc2ccc(C=Nn3c(C4CCCCC4)nc4ccc(Br)cc4c3=O)cc2I)cc1. The topological polar surface area (TPSA) is 56.5 Å². The number of halogens is 2. The lowest BCUT2D eigenvalue weighted by Gasteiger charge is -2.22. The Bertz CT molecular complexity index is 1470. The van der Waals surface area contributed by atoms with Crippen molar-refractivity contribution in [2.45, 2.75) is 51.6 Å². The van der Waals surface area contributed by atoms with Crippen molar-refractivity contribution in [1.82, 2.24) is 9.66 Å². The summed E-state index contributed by atoms with van der Waals surface area (Å²) in [6, 6.07) is 19.9. The van der Waals surface area contributed by atoms with Crippen LogP contribution in [0.4, 0.5) is 0 Å². The van der Waals surface area contributed by atoms with Crippen molar-refractivity contribution < 1.29 is 4.74 Å². The smallest absolute Gasteiger partial charge is 0.282 e. The van der Waals surface area contributed by atoms with Crippen molar-refractivity contribution in [2.75, 3.05) is 0 Å². The minimum Gasteiger partial charge on any atom is -0.488 e. The summed E-state index contributed by atoms with van der Waals surface area (Å²) in [7, 11) is 0. The molecule has 1 fully saturated rings. The molecule has 5 rings (SSSR count). The highest BCUT2D eigenvalue weighted by Crippen LogP contribution is 2.32. The Morgan fingerprint density at radius 1 is 1.08 bits per heavy atom. The molecule has 36 heavy (non-hydrogen) atoms. The fraction of sp³-hybridized carbons (Fsp3) is 0.276. The molecule has 1 aliphatic rings. The number of benzene rings is 3. The van der Waals surface area contributed by atoms with Gasteiger partial charge in [-0.25, -0.2) is 4.98 Å². The van der Waals surface area contributed by atoms with E-state index in [0.29, 0.717) is 12.0 Å². The first-order valence-corrected chi connectivity index (χ1v) is 14.1. The minimum absolute atomic E-state index is 0.133. The molecule has 0 amide bonds. The number of fused-ring (bicyclic) bond motifs is 1. The van der Waals surface area contributed by atoms with Gasteiger partial charge in [-0.3, -0.25) is 4.79 Å². The number of nitrogens with zero attached hydrogens (tertiary/aromatic N) is 3. The summed E-state index contributed by atoms with van der Waals surface area (Å²) in [6.07, 6.45) is 7.37. The van der Waals surface area contributed by atoms with Crippen LogP contribution in [0.2, 0.25) is 0 Å². The van der Waals surface area contributed by atoms with E-state index in [4.69, 9.17) is 9.72 Å².